The minimum Gasteiger partial charge on any atom is -0.632 e. The normalized spacial score (nSPS) is 23.0. The maximum Gasteiger partial charge on any atom is 0.573 e. The molecule has 3 N–H and O–H groups in total. The molecule has 1 unspecified atom stereocenters. The van der Waals surface area contributed by atoms with Crippen LogP contribution in [0.1, 0.15) is 42.1 Å². The molecule has 0 bridgehead atoms. The quantitative estimate of drug-likeness (QED) is 0.331. The second-order valence-corrected chi connectivity index (χ2v) is 8.85. The lowest BCUT2D eigenvalue weighted by Gasteiger charge is -2.45. The summed E-state index contributed by atoms with van der Waals surface area (Å²) in [4.78, 5) is 32.6. The molecule has 2 heterocycles. The third kappa shape index (κ3) is 5.21. The average Bonchev–Trinajstić information content (AvgIpc) is 3.46. The van der Waals surface area contributed by atoms with E-state index in [1.807, 2.05) is 0 Å². The molecule has 1 aromatic heterocycles. The van der Waals surface area contributed by atoms with Crippen LogP contribution in [0, 0.1) is 17.6 Å². The molecule has 12 heteroatoms. The lowest BCUT2D eigenvalue weighted by Crippen LogP contribution is -2.52. The van der Waals surface area contributed by atoms with E-state index in [0.29, 0.717) is 29.7 Å². The molecule has 0 spiro atoms. The number of nitrogens with one attached hydrogen (secondary N) is 1. The van der Waals surface area contributed by atoms with Gasteiger partial charge >= 0.3 is 6.36 Å². The lowest BCUT2D eigenvalue weighted by atomic mass is 9.94. The molecule has 1 saturated carbocycles. The van der Waals surface area contributed by atoms with Crippen LogP contribution in [0.5, 0.6) is 5.75 Å². The number of ether oxygens (including phenoxy) is 1. The number of rotatable bonds is 8. The summed E-state index contributed by atoms with van der Waals surface area (Å²) in [7, 11) is 0. The van der Waals surface area contributed by atoms with Gasteiger partial charge < -0.3 is 25.6 Å². The maximum absolute atomic E-state index is 14.2. The number of alkyl halides is 3. The number of benzene rings is 1. The Kier molecular flexibility index (Phi) is 6.16. The van der Waals surface area contributed by atoms with Gasteiger partial charge in [-0.1, -0.05) is 18.1 Å². The SMILES string of the molecule is C#C[C@H](CC(N)=O)NC(=O)[C@@H]1c2cncnc2C[N+]1([O-])CC1(c2ccc(OC(F)(F)F)cc2)CC1. The van der Waals surface area contributed by atoms with Crippen molar-refractivity contribution in [1.29, 1.82) is 0 Å². The topological polar surface area (TPSA) is 130 Å². The highest BCUT2D eigenvalue weighted by Gasteiger charge is 2.55. The number of quaternary nitrogens is 1. The van der Waals surface area contributed by atoms with Crippen LogP contribution in [0.3, 0.4) is 0 Å². The average molecular weight is 489 g/mol. The molecule has 184 valence electrons. The van der Waals surface area contributed by atoms with Crippen molar-refractivity contribution in [2.24, 2.45) is 5.73 Å². The summed E-state index contributed by atoms with van der Waals surface area (Å²) in [5.74, 6) is 0.534. The van der Waals surface area contributed by atoms with Crippen molar-refractivity contribution in [2.75, 3.05) is 6.54 Å². The van der Waals surface area contributed by atoms with Crippen LogP contribution in [-0.2, 0) is 21.5 Å². The fourth-order valence-corrected chi connectivity index (χ4v) is 4.64. The van der Waals surface area contributed by atoms with Gasteiger partial charge in [0, 0.05) is 11.6 Å². The number of hydrogen-bond acceptors (Lipinski definition) is 6. The molecule has 2 aromatic rings. The first-order valence-corrected chi connectivity index (χ1v) is 10.7. The van der Waals surface area contributed by atoms with Gasteiger partial charge in [0.15, 0.2) is 6.04 Å². The van der Waals surface area contributed by atoms with Crippen molar-refractivity contribution in [2.45, 2.75) is 49.7 Å². The van der Waals surface area contributed by atoms with E-state index in [1.165, 1.54) is 36.8 Å². The summed E-state index contributed by atoms with van der Waals surface area (Å²) in [5, 5.41) is 16.7. The first kappa shape index (κ1) is 24.4. The monoisotopic (exact) mass is 489 g/mol. The Morgan fingerprint density at radius 2 is 2.03 bits per heavy atom. The van der Waals surface area contributed by atoms with Crippen LogP contribution in [0.15, 0.2) is 36.8 Å². The number of carbonyl (C=O) groups is 2. The summed E-state index contributed by atoms with van der Waals surface area (Å²) < 4.78 is 40.4. The number of nitrogens with two attached hydrogens (primary N) is 1. The van der Waals surface area contributed by atoms with Crippen LogP contribution in [0.25, 0.3) is 0 Å². The second-order valence-electron chi connectivity index (χ2n) is 8.85. The largest absolute Gasteiger partial charge is 0.632 e. The van der Waals surface area contributed by atoms with Gasteiger partial charge in [-0.15, -0.1) is 19.6 Å². The van der Waals surface area contributed by atoms with Crippen molar-refractivity contribution in [3.63, 3.8) is 0 Å². The van der Waals surface area contributed by atoms with Crippen molar-refractivity contribution in [3.05, 3.63) is 58.8 Å². The molecule has 1 fully saturated rings. The zero-order valence-electron chi connectivity index (χ0n) is 18.4. The van der Waals surface area contributed by atoms with Gasteiger partial charge in [-0.2, -0.15) is 0 Å². The van der Waals surface area contributed by atoms with Gasteiger partial charge in [-0.3, -0.25) is 9.59 Å². The van der Waals surface area contributed by atoms with Crippen LogP contribution in [-0.4, -0.2) is 45.4 Å². The number of hydroxylamine groups is 3. The van der Waals surface area contributed by atoms with E-state index in [-0.39, 0.29) is 25.3 Å². The molecule has 0 radical (unpaired) electrons. The number of primary amides is 1. The number of halogens is 3. The molecule has 2 amide bonds. The van der Waals surface area contributed by atoms with Crippen LogP contribution >= 0.6 is 0 Å². The molecule has 1 aliphatic heterocycles. The minimum atomic E-state index is -4.81. The fraction of sp³-hybridized carbons (Fsp3) is 0.391. The Bertz CT molecular complexity index is 1180. The van der Waals surface area contributed by atoms with Crippen molar-refractivity contribution in [1.82, 2.24) is 15.3 Å². The fourth-order valence-electron chi connectivity index (χ4n) is 4.64. The molecule has 35 heavy (non-hydrogen) atoms. The van der Waals surface area contributed by atoms with Crippen molar-refractivity contribution >= 4 is 11.8 Å². The van der Waals surface area contributed by atoms with Crippen LogP contribution < -0.4 is 15.8 Å². The molecule has 4 rings (SSSR count). The maximum atomic E-state index is 14.2. The summed E-state index contributed by atoms with van der Waals surface area (Å²) in [5.41, 5.74) is 6.03. The molecule has 3 atom stereocenters. The van der Waals surface area contributed by atoms with Gasteiger partial charge in [-0.05, 0) is 30.5 Å². The van der Waals surface area contributed by atoms with Crippen molar-refractivity contribution < 1.29 is 32.1 Å². The highest BCUT2D eigenvalue weighted by Crippen LogP contribution is 2.53. The Morgan fingerprint density at radius 3 is 2.60 bits per heavy atom. The Hall–Kier alpha value is -3.69. The molecular formula is C23H22F3N5O4. The zero-order chi connectivity index (χ0) is 25.4. The second kappa shape index (κ2) is 8.83. The predicted octanol–water partition coefficient (Wildman–Crippen LogP) is 1.97. The molecule has 1 aliphatic carbocycles. The third-order valence-corrected chi connectivity index (χ3v) is 6.31. The Morgan fingerprint density at radius 1 is 1.34 bits per heavy atom. The van der Waals surface area contributed by atoms with E-state index in [0.717, 1.165) is 0 Å². The van der Waals surface area contributed by atoms with E-state index in [1.54, 1.807) is 0 Å². The number of amides is 2. The number of carbonyl (C=O) groups excluding carboxylic acids is 2. The summed E-state index contributed by atoms with van der Waals surface area (Å²) in [6.45, 7) is -0.110. The van der Waals surface area contributed by atoms with Crippen LogP contribution in [0.2, 0.25) is 0 Å². The molecule has 2 aliphatic rings. The first-order valence-electron chi connectivity index (χ1n) is 10.7. The van der Waals surface area contributed by atoms with Gasteiger partial charge in [-0.25, -0.2) is 9.97 Å². The van der Waals surface area contributed by atoms with Gasteiger partial charge in [0.25, 0.3) is 5.91 Å². The Labute approximate surface area is 198 Å². The van der Waals surface area contributed by atoms with Crippen LogP contribution in [0.4, 0.5) is 13.2 Å². The first-order chi connectivity index (χ1) is 16.4. The number of terminal acetylenes is 1. The lowest BCUT2D eigenvalue weighted by molar-refractivity contribution is -0.910. The van der Waals surface area contributed by atoms with E-state index in [4.69, 9.17) is 12.2 Å². The van der Waals surface area contributed by atoms with E-state index in [9.17, 15) is 28.0 Å². The number of aromatic nitrogens is 2. The highest BCUT2D eigenvalue weighted by molar-refractivity contribution is 5.84. The standard InChI is InChI=1S/C23H22F3N5O4/c1-2-15(9-19(27)32)30-21(33)20-17-10-28-13-29-18(17)11-31(20,34)12-22(7-8-22)14-3-5-16(6-4-14)35-23(24,25)26/h1,3-6,10,13,15,20H,7-9,11-12H2,(H2,27,32)(H,30,33)/t15-,20+,31?/m1/s1. The zero-order valence-corrected chi connectivity index (χ0v) is 18.4. The molecule has 1 aromatic carbocycles. The molecule has 9 nitrogen and oxygen atoms in total. The van der Waals surface area contributed by atoms with E-state index >= 15 is 0 Å². The smallest absolute Gasteiger partial charge is 0.573 e. The minimum absolute atomic E-state index is 0.0164. The van der Waals surface area contributed by atoms with Crippen molar-refractivity contribution in [3.8, 4) is 18.1 Å². The molecular weight excluding hydrogens is 467 g/mol. The summed E-state index contributed by atoms with van der Waals surface area (Å²) in [6.07, 6.45) is 4.25. The number of nitrogens with zero attached hydrogens (tertiary/aromatic N) is 3. The Balaban J connectivity index is 1.59. The number of hydrogen-bond donors (Lipinski definition) is 2. The van der Waals surface area contributed by atoms with Gasteiger partial charge in [0.2, 0.25) is 5.91 Å². The third-order valence-electron chi connectivity index (χ3n) is 6.31. The summed E-state index contributed by atoms with van der Waals surface area (Å²) >= 11 is 0. The summed E-state index contributed by atoms with van der Waals surface area (Å²) in [6, 6.07) is 3.18. The van der Waals surface area contributed by atoms with Gasteiger partial charge in [0.1, 0.15) is 24.3 Å². The number of fused-ring (bicyclic) bond motifs is 1. The highest BCUT2D eigenvalue weighted by atomic mass is 19.4. The van der Waals surface area contributed by atoms with Gasteiger partial charge in [0.05, 0.1) is 24.6 Å². The molecule has 0 saturated heterocycles. The predicted molar refractivity (Wildman–Crippen MR) is 116 cm³/mol. The van der Waals surface area contributed by atoms with E-state index < -0.39 is 40.3 Å². The van der Waals surface area contributed by atoms with E-state index in [2.05, 4.69) is 25.9 Å².